The van der Waals surface area contributed by atoms with Crippen LogP contribution in [-0.4, -0.2) is 10.9 Å². The number of hydrogen-bond donors (Lipinski definition) is 2. The first kappa shape index (κ1) is 13.1. The van der Waals surface area contributed by atoms with Gasteiger partial charge in [0, 0.05) is 5.69 Å². The van der Waals surface area contributed by atoms with E-state index in [1.165, 1.54) is 22.5 Å². The van der Waals surface area contributed by atoms with Crippen molar-refractivity contribution in [3.63, 3.8) is 0 Å². The fraction of sp³-hybridized carbons (Fsp3) is 0.333. The summed E-state index contributed by atoms with van der Waals surface area (Å²) in [5.74, 6) is -0.0252. The minimum Gasteiger partial charge on any atom is -0.399 e. The Labute approximate surface area is 122 Å². The summed E-state index contributed by atoms with van der Waals surface area (Å²) in [5, 5.41) is 4.04. The van der Waals surface area contributed by atoms with Crippen molar-refractivity contribution >= 4 is 22.9 Å². The number of thiazole rings is 1. The highest BCUT2D eigenvalue weighted by molar-refractivity contribution is 7.13. The van der Waals surface area contributed by atoms with Gasteiger partial charge >= 0.3 is 0 Å². The molecule has 0 saturated carbocycles. The lowest BCUT2D eigenvalue weighted by atomic mass is 10.1. The van der Waals surface area contributed by atoms with Gasteiger partial charge in [-0.3, -0.25) is 4.79 Å². The number of aromatic nitrogens is 1. The van der Waals surface area contributed by atoms with Gasteiger partial charge in [-0.15, -0.1) is 11.3 Å². The zero-order valence-corrected chi connectivity index (χ0v) is 12.4. The molecule has 2 aromatic rings. The van der Waals surface area contributed by atoms with Crippen molar-refractivity contribution in [1.82, 2.24) is 10.3 Å². The largest absolute Gasteiger partial charge is 0.399 e. The molecule has 0 radical (unpaired) electrons. The number of fused-ring (bicyclic) bond motifs is 1. The van der Waals surface area contributed by atoms with E-state index in [2.05, 4.69) is 10.3 Å². The molecule has 0 saturated heterocycles. The normalized spacial score (nSPS) is 17.0. The first-order valence-electron chi connectivity index (χ1n) is 6.68. The van der Waals surface area contributed by atoms with Gasteiger partial charge < -0.3 is 11.1 Å². The lowest BCUT2D eigenvalue weighted by Crippen LogP contribution is -2.26. The van der Waals surface area contributed by atoms with Gasteiger partial charge in [-0.25, -0.2) is 4.98 Å². The van der Waals surface area contributed by atoms with Crippen LogP contribution in [0.15, 0.2) is 18.2 Å². The van der Waals surface area contributed by atoms with Crippen molar-refractivity contribution in [2.75, 3.05) is 5.73 Å². The molecule has 0 bridgehead atoms. The Morgan fingerprint density at radius 2 is 2.25 bits per heavy atom. The van der Waals surface area contributed by atoms with Gasteiger partial charge in [0.25, 0.3) is 5.91 Å². The van der Waals surface area contributed by atoms with Crippen LogP contribution in [0.4, 0.5) is 5.69 Å². The Bertz CT molecular complexity index is 678. The van der Waals surface area contributed by atoms with Crippen LogP contribution >= 0.6 is 11.3 Å². The minimum atomic E-state index is -0.0252. The molecule has 20 heavy (non-hydrogen) atoms. The third-order valence-electron chi connectivity index (χ3n) is 3.66. The van der Waals surface area contributed by atoms with Crippen LogP contribution in [0, 0.1) is 13.8 Å². The standard InChI is InChI=1S/C15H17N3OS/c1-8-14(20-9(2)17-8)15(19)18-13-6-3-10-7-11(16)4-5-12(10)13/h4-5,7,13H,3,6,16H2,1-2H3,(H,18,19). The number of carbonyl (C=O) groups excluding carboxylic acids is 1. The molecule has 5 heteroatoms. The molecule has 3 rings (SSSR count). The van der Waals surface area contributed by atoms with Crippen molar-refractivity contribution in [1.29, 1.82) is 0 Å². The number of amides is 1. The number of nitrogens with two attached hydrogens (primary N) is 1. The fourth-order valence-corrected chi connectivity index (χ4v) is 3.58. The van der Waals surface area contributed by atoms with Crippen LogP contribution < -0.4 is 11.1 Å². The summed E-state index contributed by atoms with van der Waals surface area (Å²) in [6.45, 7) is 3.80. The Kier molecular flexibility index (Phi) is 3.22. The number of benzene rings is 1. The van der Waals surface area contributed by atoms with Crippen LogP contribution in [-0.2, 0) is 6.42 Å². The van der Waals surface area contributed by atoms with Gasteiger partial charge in [0.15, 0.2) is 0 Å². The first-order chi connectivity index (χ1) is 9.54. The summed E-state index contributed by atoms with van der Waals surface area (Å²) >= 11 is 1.45. The smallest absolute Gasteiger partial charge is 0.263 e. The Morgan fingerprint density at radius 1 is 1.45 bits per heavy atom. The molecule has 1 heterocycles. The zero-order chi connectivity index (χ0) is 14.3. The number of nitrogens with one attached hydrogen (secondary N) is 1. The minimum absolute atomic E-state index is 0.0252. The maximum atomic E-state index is 12.3. The maximum absolute atomic E-state index is 12.3. The molecule has 3 N–H and O–H groups in total. The first-order valence-corrected chi connectivity index (χ1v) is 7.49. The van der Waals surface area contributed by atoms with Crippen molar-refractivity contribution < 1.29 is 4.79 Å². The second-order valence-corrected chi connectivity index (χ2v) is 6.37. The van der Waals surface area contributed by atoms with E-state index in [9.17, 15) is 4.79 Å². The van der Waals surface area contributed by atoms with Gasteiger partial charge in [-0.2, -0.15) is 0 Å². The molecule has 0 fully saturated rings. The highest BCUT2D eigenvalue weighted by atomic mass is 32.1. The number of nitrogen functional groups attached to an aromatic ring is 1. The number of aryl methyl sites for hydroxylation is 3. The van der Waals surface area contributed by atoms with E-state index in [4.69, 9.17) is 5.73 Å². The number of rotatable bonds is 2. The summed E-state index contributed by atoms with van der Waals surface area (Å²) in [4.78, 5) is 17.4. The molecule has 1 atom stereocenters. The SMILES string of the molecule is Cc1nc(C)c(C(=O)NC2CCc3cc(N)ccc32)s1. The summed E-state index contributed by atoms with van der Waals surface area (Å²) in [6, 6.07) is 6.00. The van der Waals surface area contributed by atoms with Crippen molar-refractivity contribution in [3.05, 3.63) is 44.9 Å². The average molecular weight is 287 g/mol. The number of carbonyl (C=O) groups is 1. The molecule has 0 spiro atoms. The van der Waals surface area contributed by atoms with Crippen molar-refractivity contribution in [3.8, 4) is 0 Å². The highest BCUT2D eigenvalue weighted by Gasteiger charge is 2.25. The Hall–Kier alpha value is -1.88. The van der Waals surface area contributed by atoms with Crippen LogP contribution in [0.2, 0.25) is 0 Å². The van der Waals surface area contributed by atoms with E-state index in [1.807, 2.05) is 32.0 Å². The van der Waals surface area contributed by atoms with Crippen LogP contribution in [0.5, 0.6) is 0 Å². The Morgan fingerprint density at radius 3 is 2.95 bits per heavy atom. The molecule has 1 amide bonds. The molecule has 4 nitrogen and oxygen atoms in total. The van der Waals surface area contributed by atoms with E-state index in [0.29, 0.717) is 4.88 Å². The van der Waals surface area contributed by atoms with Gasteiger partial charge in [-0.05, 0) is 49.9 Å². The lowest BCUT2D eigenvalue weighted by Gasteiger charge is -2.13. The summed E-state index contributed by atoms with van der Waals surface area (Å²) < 4.78 is 0. The van der Waals surface area contributed by atoms with Crippen molar-refractivity contribution in [2.24, 2.45) is 0 Å². The van der Waals surface area contributed by atoms with Crippen molar-refractivity contribution in [2.45, 2.75) is 32.7 Å². The molecular formula is C15H17N3OS. The van der Waals surface area contributed by atoms with Gasteiger partial charge in [0.2, 0.25) is 0 Å². The van der Waals surface area contributed by atoms with E-state index < -0.39 is 0 Å². The molecule has 1 aliphatic rings. The summed E-state index contributed by atoms with van der Waals surface area (Å²) in [5.41, 5.74) is 9.81. The molecule has 0 aliphatic heterocycles. The number of hydrogen-bond acceptors (Lipinski definition) is 4. The van der Waals surface area contributed by atoms with Gasteiger partial charge in [-0.1, -0.05) is 6.07 Å². The summed E-state index contributed by atoms with van der Waals surface area (Å²) in [7, 11) is 0. The third kappa shape index (κ3) is 2.29. The molecule has 1 aliphatic carbocycles. The molecule has 1 aromatic carbocycles. The topological polar surface area (TPSA) is 68.0 Å². The predicted octanol–water partition coefficient (Wildman–Crippen LogP) is 2.76. The Balaban J connectivity index is 1.80. The van der Waals surface area contributed by atoms with Crippen LogP contribution in [0.3, 0.4) is 0 Å². The van der Waals surface area contributed by atoms with Gasteiger partial charge in [0.1, 0.15) is 4.88 Å². The van der Waals surface area contributed by atoms with E-state index >= 15 is 0 Å². The monoisotopic (exact) mass is 287 g/mol. The highest BCUT2D eigenvalue weighted by Crippen LogP contribution is 2.32. The van der Waals surface area contributed by atoms with Crippen LogP contribution in [0.1, 0.15) is 44.0 Å². The van der Waals surface area contributed by atoms with E-state index in [-0.39, 0.29) is 11.9 Å². The lowest BCUT2D eigenvalue weighted by molar-refractivity contribution is 0.0940. The quantitative estimate of drug-likeness (QED) is 0.835. The summed E-state index contributed by atoms with van der Waals surface area (Å²) in [6.07, 6.45) is 1.90. The van der Waals surface area contributed by atoms with Gasteiger partial charge in [0.05, 0.1) is 16.7 Å². The maximum Gasteiger partial charge on any atom is 0.263 e. The van der Waals surface area contributed by atoms with E-state index in [0.717, 1.165) is 29.2 Å². The fourth-order valence-electron chi connectivity index (χ4n) is 2.75. The van der Waals surface area contributed by atoms with E-state index in [1.54, 1.807) is 0 Å². The molecule has 1 aromatic heterocycles. The predicted molar refractivity (Wildman–Crippen MR) is 81.0 cm³/mol. The van der Waals surface area contributed by atoms with Crippen LogP contribution in [0.25, 0.3) is 0 Å². The second-order valence-electron chi connectivity index (χ2n) is 5.17. The second kappa shape index (κ2) is 4.90. The average Bonchev–Trinajstić information content (AvgIpc) is 2.93. The zero-order valence-electron chi connectivity index (χ0n) is 11.6. The third-order valence-corrected chi connectivity index (χ3v) is 4.73. The molecule has 104 valence electrons. The number of anilines is 1. The number of nitrogens with zero attached hydrogens (tertiary/aromatic N) is 1. The molecule has 1 unspecified atom stereocenters. The molecular weight excluding hydrogens is 270 g/mol.